The number of carboxylic acid groups (broad SMARTS) is 1. The summed E-state index contributed by atoms with van der Waals surface area (Å²) in [5.41, 5.74) is 1.02. The molecule has 0 aliphatic carbocycles. The zero-order valence-electron chi connectivity index (χ0n) is 11.9. The first kappa shape index (κ1) is 16.5. The van der Waals surface area contributed by atoms with Crippen molar-refractivity contribution in [1.82, 2.24) is 4.90 Å². The van der Waals surface area contributed by atoms with Crippen LogP contribution in [0.4, 0.5) is 0 Å². The van der Waals surface area contributed by atoms with Crippen LogP contribution in [0, 0.1) is 0 Å². The molecule has 1 atom stereocenters. The fraction of sp³-hybridized carbons (Fsp3) is 0.188. The van der Waals surface area contributed by atoms with Gasteiger partial charge in [0.25, 0.3) is 5.91 Å². The summed E-state index contributed by atoms with van der Waals surface area (Å²) in [5, 5.41) is 9.18. The van der Waals surface area contributed by atoms with Crippen molar-refractivity contribution in [3.05, 3.63) is 53.0 Å². The summed E-state index contributed by atoms with van der Waals surface area (Å²) in [6.45, 7) is 1.72. The monoisotopic (exact) mass is 333 g/mol. The predicted molar refractivity (Wildman–Crippen MR) is 92.3 cm³/mol. The maximum absolute atomic E-state index is 12.3. The molecular weight excluding hydrogens is 318 g/mol. The van der Waals surface area contributed by atoms with E-state index in [9.17, 15) is 14.7 Å². The van der Waals surface area contributed by atoms with E-state index in [1.165, 1.54) is 4.90 Å². The maximum atomic E-state index is 12.3. The summed E-state index contributed by atoms with van der Waals surface area (Å²) in [6.07, 6.45) is 5.63. The molecule has 1 heterocycles. The molecule has 1 aromatic rings. The van der Waals surface area contributed by atoms with Gasteiger partial charge in [-0.05, 0) is 18.1 Å². The number of carbonyl (C=O) groups excluding carboxylic acids is 1. The van der Waals surface area contributed by atoms with E-state index in [1.807, 2.05) is 36.4 Å². The van der Waals surface area contributed by atoms with Crippen LogP contribution in [0.25, 0.3) is 6.08 Å². The third-order valence-corrected chi connectivity index (χ3v) is 4.49. The highest BCUT2D eigenvalue weighted by Gasteiger charge is 2.39. The summed E-state index contributed by atoms with van der Waals surface area (Å²) in [5.74, 6) is -1.39. The van der Waals surface area contributed by atoms with Gasteiger partial charge >= 0.3 is 5.97 Å². The average molecular weight is 333 g/mol. The number of nitrogens with zero attached hydrogens (tertiary/aromatic N) is 1. The maximum Gasteiger partial charge on any atom is 0.326 e. The Balaban J connectivity index is 2.16. The second-order valence-electron chi connectivity index (χ2n) is 4.61. The van der Waals surface area contributed by atoms with Crippen LogP contribution in [0.1, 0.15) is 18.9 Å². The van der Waals surface area contributed by atoms with Gasteiger partial charge in [0.15, 0.2) is 0 Å². The highest BCUT2D eigenvalue weighted by atomic mass is 32.2. The van der Waals surface area contributed by atoms with Crippen LogP contribution in [0.15, 0.2) is 47.4 Å². The minimum absolute atomic E-state index is 0.290. The fourth-order valence-corrected chi connectivity index (χ4v) is 3.35. The Morgan fingerprint density at radius 3 is 2.68 bits per heavy atom. The van der Waals surface area contributed by atoms with Gasteiger partial charge in [-0.1, -0.05) is 73.4 Å². The van der Waals surface area contributed by atoms with Crippen molar-refractivity contribution < 1.29 is 14.7 Å². The van der Waals surface area contributed by atoms with Gasteiger partial charge in [0, 0.05) is 0 Å². The molecule has 1 saturated heterocycles. The van der Waals surface area contributed by atoms with Crippen LogP contribution in [-0.4, -0.2) is 32.2 Å². The van der Waals surface area contributed by atoms with Crippen LogP contribution in [0.2, 0.25) is 0 Å². The van der Waals surface area contributed by atoms with Gasteiger partial charge in [-0.25, -0.2) is 4.79 Å². The quantitative estimate of drug-likeness (QED) is 0.662. The number of aliphatic carboxylic acids is 1. The third-order valence-electron chi connectivity index (χ3n) is 3.14. The zero-order chi connectivity index (χ0) is 16.1. The summed E-state index contributed by atoms with van der Waals surface area (Å²) < 4.78 is 0.290. The van der Waals surface area contributed by atoms with E-state index in [0.717, 1.165) is 17.3 Å². The van der Waals surface area contributed by atoms with Crippen molar-refractivity contribution in [3.8, 4) is 0 Å². The topological polar surface area (TPSA) is 57.6 Å². The molecule has 22 heavy (non-hydrogen) atoms. The lowest BCUT2D eigenvalue weighted by Crippen LogP contribution is -2.43. The highest BCUT2D eigenvalue weighted by Crippen LogP contribution is 2.33. The molecule has 1 N–H and O–H groups in total. The standard InChI is InChI=1S/C16H15NO3S2/c1-2-12(15(19)20)17-14(18)13(22-16(17)21)10-6-9-11-7-4-3-5-8-11/h3-10,12H,2H2,1H3,(H,19,20)/b9-6+,13-10-/t12-/m0/s1. The Morgan fingerprint density at radius 1 is 1.41 bits per heavy atom. The van der Waals surface area contributed by atoms with Crippen molar-refractivity contribution in [1.29, 1.82) is 0 Å². The minimum Gasteiger partial charge on any atom is -0.480 e. The number of carboxylic acids is 1. The average Bonchev–Trinajstić information content (AvgIpc) is 2.77. The van der Waals surface area contributed by atoms with E-state index in [-0.39, 0.29) is 5.91 Å². The molecule has 1 aromatic carbocycles. The van der Waals surface area contributed by atoms with E-state index < -0.39 is 12.0 Å². The van der Waals surface area contributed by atoms with Gasteiger partial charge in [0.05, 0.1) is 4.91 Å². The molecule has 2 rings (SSSR count). The molecule has 1 amide bonds. The number of rotatable bonds is 5. The van der Waals surface area contributed by atoms with E-state index in [0.29, 0.717) is 15.6 Å². The van der Waals surface area contributed by atoms with E-state index in [1.54, 1.807) is 19.1 Å². The van der Waals surface area contributed by atoms with Crippen LogP contribution < -0.4 is 0 Å². The van der Waals surface area contributed by atoms with Crippen molar-refractivity contribution in [3.63, 3.8) is 0 Å². The summed E-state index contributed by atoms with van der Waals surface area (Å²) in [7, 11) is 0. The number of carbonyl (C=O) groups is 2. The van der Waals surface area contributed by atoms with Gasteiger partial charge in [0.1, 0.15) is 10.4 Å². The van der Waals surface area contributed by atoms with Gasteiger partial charge in [-0.15, -0.1) is 0 Å². The summed E-state index contributed by atoms with van der Waals surface area (Å²) >= 11 is 6.27. The molecule has 1 aliphatic heterocycles. The summed E-state index contributed by atoms with van der Waals surface area (Å²) in [6, 6.07) is 8.78. The van der Waals surface area contributed by atoms with Crippen molar-refractivity contribution in [2.75, 3.05) is 0 Å². The molecule has 0 radical (unpaired) electrons. The molecule has 1 aliphatic rings. The van der Waals surface area contributed by atoms with Gasteiger partial charge in [-0.2, -0.15) is 0 Å². The van der Waals surface area contributed by atoms with Crippen LogP contribution in [0.5, 0.6) is 0 Å². The normalized spacial score (nSPS) is 18.4. The predicted octanol–water partition coefficient (Wildman–Crippen LogP) is 3.31. The molecule has 0 bridgehead atoms. The number of benzene rings is 1. The number of allylic oxidation sites excluding steroid dienone is 2. The van der Waals surface area contributed by atoms with Gasteiger partial charge < -0.3 is 5.11 Å². The van der Waals surface area contributed by atoms with E-state index in [4.69, 9.17) is 12.2 Å². The molecule has 0 aromatic heterocycles. The Bertz CT molecular complexity index is 653. The molecule has 6 heteroatoms. The van der Waals surface area contributed by atoms with Crippen LogP contribution in [-0.2, 0) is 9.59 Å². The molecule has 0 saturated carbocycles. The molecule has 114 valence electrons. The van der Waals surface area contributed by atoms with Crippen molar-refractivity contribution in [2.24, 2.45) is 0 Å². The van der Waals surface area contributed by atoms with Crippen molar-refractivity contribution >= 4 is 46.3 Å². The Kier molecular flexibility index (Phi) is 5.51. The number of hydrogen-bond acceptors (Lipinski definition) is 4. The lowest BCUT2D eigenvalue weighted by atomic mass is 10.2. The highest BCUT2D eigenvalue weighted by molar-refractivity contribution is 8.26. The lowest BCUT2D eigenvalue weighted by Gasteiger charge is -2.21. The molecule has 4 nitrogen and oxygen atoms in total. The van der Waals surface area contributed by atoms with Gasteiger partial charge in [-0.3, -0.25) is 9.69 Å². The number of amides is 1. The fourth-order valence-electron chi connectivity index (χ4n) is 2.04. The first-order valence-corrected chi connectivity index (χ1v) is 7.98. The van der Waals surface area contributed by atoms with Crippen LogP contribution >= 0.6 is 24.0 Å². The number of thiocarbonyl (C=S) groups is 1. The largest absolute Gasteiger partial charge is 0.480 e. The Morgan fingerprint density at radius 2 is 2.09 bits per heavy atom. The second-order valence-corrected chi connectivity index (χ2v) is 6.28. The van der Waals surface area contributed by atoms with Crippen molar-refractivity contribution in [2.45, 2.75) is 19.4 Å². The first-order chi connectivity index (χ1) is 10.5. The molecular formula is C16H15NO3S2. The molecule has 1 fully saturated rings. The van der Waals surface area contributed by atoms with Gasteiger partial charge in [0.2, 0.25) is 0 Å². The van der Waals surface area contributed by atoms with Crippen LogP contribution in [0.3, 0.4) is 0 Å². The smallest absolute Gasteiger partial charge is 0.326 e. The van der Waals surface area contributed by atoms with E-state index >= 15 is 0 Å². The second kappa shape index (κ2) is 7.38. The Hall–Kier alpha value is -1.92. The van der Waals surface area contributed by atoms with E-state index in [2.05, 4.69) is 0 Å². The SMILES string of the molecule is CC[C@@H](C(=O)O)N1C(=O)/C(=C/C=C/c2ccccc2)SC1=S. The number of hydrogen-bond donors (Lipinski definition) is 1. The molecule has 0 unspecified atom stereocenters. The lowest BCUT2D eigenvalue weighted by molar-refractivity contribution is -0.145. The number of thioether (sulfide) groups is 1. The Labute approximate surface area is 138 Å². The molecule has 0 spiro atoms. The third kappa shape index (κ3) is 3.64. The minimum atomic E-state index is -1.04. The summed E-state index contributed by atoms with van der Waals surface area (Å²) in [4.78, 5) is 25.2. The first-order valence-electron chi connectivity index (χ1n) is 6.76. The zero-order valence-corrected chi connectivity index (χ0v) is 13.6.